The largest absolute Gasteiger partial charge is 0.481 e. The molecule has 4 fully saturated rings. The molecular weight excluding hydrogens is 588 g/mol. The first-order valence-electron chi connectivity index (χ1n) is 18.6. The monoisotopic (exact) mass is 652 g/mol. The number of hydrogen-bond acceptors (Lipinski definition) is 6. The predicted octanol–water partition coefficient (Wildman–Crippen LogP) is 7.41. The summed E-state index contributed by atoms with van der Waals surface area (Å²) in [5.41, 5.74) is 6.72. The summed E-state index contributed by atoms with van der Waals surface area (Å²) in [6.45, 7) is 26.9. The van der Waals surface area contributed by atoms with Gasteiger partial charge in [0.2, 0.25) is 0 Å². The predicted molar refractivity (Wildman–Crippen MR) is 184 cm³/mol. The Morgan fingerprint density at radius 3 is 2.43 bits per heavy atom. The number of hydrogen-bond donors (Lipinski definition) is 2. The molecule has 8 nitrogen and oxygen atoms in total. The van der Waals surface area contributed by atoms with Crippen molar-refractivity contribution in [3.63, 3.8) is 0 Å². The molecule has 2 bridgehead atoms. The SMILES string of the molecule is CC(C)[C@@H](C)[C@@]1(C)CC[C@]2(C)[C@H]3CC[C@H]4[C@]5(C)COC[C@]4(C3=CC[C@@]2(C)[C@@H]1C(=O)O)[C@H](C)[C@@H](n1ccnn1)[C@@H]5OC[C@](C)(N)C(C)C. The Morgan fingerprint density at radius 1 is 1.13 bits per heavy atom. The van der Waals surface area contributed by atoms with Crippen LogP contribution in [0.5, 0.6) is 0 Å². The Balaban J connectivity index is 1.47. The number of aromatic nitrogens is 3. The minimum atomic E-state index is -0.615. The van der Waals surface area contributed by atoms with Crippen LogP contribution in [0.4, 0.5) is 0 Å². The fourth-order valence-electron chi connectivity index (χ4n) is 12.4. The van der Waals surface area contributed by atoms with Crippen molar-refractivity contribution in [2.24, 2.45) is 74.2 Å². The molecular formula is C39H64N4O4. The fourth-order valence-corrected chi connectivity index (χ4v) is 12.4. The van der Waals surface area contributed by atoms with E-state index in [0.717, 1.165) is 32.1 Å². The van der Waals surface area contributed by atoms with Gasteiger partial charge in [-0.25, -0.2) is 4.68 Å². The van der Waals surface area contributed by atoms with E-state index in [1.54, 1.807) is 6.20 Å². The molecule has 1 aromatic rings. The summed E-state index contributed by atoms with van der Waals surface area (Å²) in [6, 6.07) is -0.0281. The fraction of sp³-hybridized carbons (Fsp3) is 0.872. The third-order valence-electron chi connectivity index (χ3n) is 16.3. The maximum absolute atomic E-state index is 13.5. The van der Waals surface area contributed by atoms with Crippen molar-refractivity contribution in [2.75, 3.05) is 19.8 Å². The van der Waals surface area contributed by atoms with Crippen molar-refractivity contribution >= 4 is 5.97 Å². The topological polar surface area (TPSA) is 112 Å². The second kappa shape index (κ2) is 11.4. The van der Waals surface area contributed by atoms with E-state index in [1.165, 1.54) is 5.57 Å². The highest BCUT2D eigenvalue weighted by Gasteiger charge is 2.73. The first-order chi connectivity index (χ1) is 21.8. The van der Waals surface area contributed by atoms with Gasteiger partial charge in [-0.2, -0.15) is 0 Å². The molecule has 3 N–H and O–H groups in total. The summed E-state index contributed by atoms with van der Waals surface area (Å²) in [7, 11) is 0. The molecule has 1 saturated heterocycles. The molecule has 5 aliphatic rings. The van der Waals surface area contributed by atoms with E-state index in [2.05, 4.69) is 97.2 Å². The zero-order valence-electron chi connectivity index (χ0n) is 31.2. The van der Waals surface area contributed by atoms with Crippen LogP contribution in [-0.2, 0) is 14.3 Å². The molecule has 1 aromatic heterocycles. The Morgan fingerprint density at radius 2 is 1.83 bits per heavy atom. The lowest BCUT2D eigenvalue weighted by Gasteiger charge is -2.72. The normalized spacial score (nSPS) is 46.6. The van der Waals surface area contributed by atoms with E-state index in [9.17, 15) is 9.90 Å². The van der Waals surface area contributed by atoms with Gasteiger partial charge < -0.3 is 20.3 Å². The molecule has 0 spiro atoms. The lowest BCUT2D eigenvalue weighted by atomic mass is 9.33. The first-order valence-corrected chi connectivity index (χ1v) is 18.6. The zero-order valence-corrected chi connectivity index (χ0v) is 31.2. The summed E-state index contributed by atoms with van der Waals surface area (Å²) >= 11 is 0. The summed E-state index contributed by atoms with van der Waals surface area (Å²) in [4.78, 5) is 13.5. The van der Waals surface area contributed by atoms with E-state index in [1.807, 2.05) is 6.20 Å². The van der Waals surface area contributed by atoms with Gasteiger partial charge in [-0.05, 0) is 90.8 Å². The number of carboxylic acids is 1. The molecule has 6 rings (SSSR count). The highest BCUT2D eigenvalue weighted by atomic mass is 16.5. The maximum Gasteiger partial charge on any atom is 0.307 e. The molecule has 1 aliphatic heterocycles. The molecule has 0 aromatic carbocycles. The average molecular weight is 653 g/mol. The molecule has 0 amide bonds. The number of allylic oxidation sites excluding steroid dienone is 1. The van der Waals surface area contributed by atoms with Crippen LogP contribution in [0.1, 0.15) is 114 Å². The van der Waals surface area contributed by atoms with Gasteiger partial charge in [0.15, 0.2) is 0 Å². The summed E-state index contributed by atoms with van der Waals surface area (Å²) < 4.78 is 15.8. The quantitative estimate of drug-likeness (QED) is 0.281. The number of fused-ring (bicyclic) bond motifs is 3. The standard InChI is InChI=1S/C39H64N4O4/c1-23(2)25(5)34(7)16-17-36(9)27-12-13-29-35(8)20-46-22-39(29,28(27)14-15-37(36,10)31(34)33(44)45)26(6)30(43-19-18-41-42-43)32(35)47-21-38(11,40)24(3)4/h14,18-19,23-27,29-32H,12-13,15-17,20-22,40H2,1-11H3,(H,44,45)/t25-,26-,27+,29+,30-,31-,32+,34-,35+,36-,37+,38+,39-/m1/s1. The summed E-state index contributed by atoms with van der Waals surface area (Å²) in [5, 5.41) is 19.9. The van der Waals surface area contributed by atoms with Gasteiger partial charge in [-0.1, -0.05) is 86.1 Å². The molecule has 13 atom stereocenters. The van der Waals surface area contributed by atoms with Crippen molar-refractivity contribution in [1.82, 2.24) is 15.0 Å². The lowest BCUT2D eigenvalue weighted by molar-refractivity contribution is -0.271. The number of rotatable bonds is 8. The molecule has 47 heavy (non-hydrogen) atoms. The first kappa shape index (κ1) is 35.1. The van der Waals surface area contributed by atoms with E-state index in [-0.39, 0.29) is 51.1 Å². The Hall–Kier alpha value is -1.77. The second-order valence-corrected chi connectivity index (χ2v) is 18.8. The Bertz CT molecular complexity index is 1370. The average Bonchev–Trinajstić information content (AvgIpc) is 3.52. The van der Waals surface area contributed by atoms with Crippen LogP contribution in [0, 0.1) is 68.5 Å². The molecule has 8 heteroatoms. The van der Waals surface area contributed by atoms with Crippen molar-refractivity contribution in [2.45, 2.75) is 126 Å². The van der Waals surface area contributed by atoms with E-state index in [0.29, 0.717) is 43.5 Å². The highest BCUT2D eigenvalue weighted by molar-refractivity contribution is 5.73. The van der Waals surface area contributed by atoms with E-state index >= 15 is 0 Å². The van der Waals surface area contributed by atoms with E-state index in [4.69, 9.17) is 15.2 Å². The van der Waals surface area contributed by atoms with Gasteiger partial charge in [0, 0.05) is 22.6 Å². The van der Waals surface area contributed by atoms with Gasteiger partial charge >= 0.3 is 5.97 Å². The highest BCUT2D eigenvalue weighted by Crippen LogP contribution is 2.76. The Labute approximate surface area is 284 Å². The number of aliphatic carboxylic acids is 1. The molecule has 264 valence electrons. The summed E-state index contributed by atoms with van der Waals surface area (Å²) in [5.74, 6) is 0.877. The number of nitrogens with two attached hydrogens (primary N) is 1. The van der Waals surface area contributed by atoms with Crippen LogP contribution in [-0.4, -0.2) is 57.5 Å². The van der Waals surface area contributed by atoms with Crippen LogP contribution in [0.15, 0.2) is 24.0 Å². The van der Waals surface area contributed by atoms with Crippen LogP contribution >= 0.6 is 0 Å². The third kappa shape index (κ3) is 4.65. The Kier molecular flexibility index (Phi) is 8.49. The maximum atomic E-state index is 13.5. The van der Waals surface area contributed by atoms with Crippen molar-refractivity contribution in [1.29, 1.82) is 0 Å². The molecule has 2 heterocycles. The lowest BCUT2D eigenvalue weighted by Crippen LogP contribution is -2.71. The second-order valence-electron chi connectivity index (χ2n) is 18.8. The van der Waals surface area contributed by atoms with Crippen molar-refractivity contribution < 1.29 is 19.4 Å². The number of carbonyl (C=O) groups is 1. The minimum Gasteiger partial charge on any atom is -0.481 e. The number of nitrogens with zero attached hydrogens (tertiary/aromatic N) is 3. The van der Waals surface area contributed by atoms with Gasteiger partial charge in [-0.15, -0.1) is 5.10 Å². The van der Waals surface area contributed by atoms with Gasteiger partial charge in [0.25, 0.3) is 0 Å². The smallest absolute Gasteiger partial charge is 0.307 e. The van der Waals surface area contributed by atoms with E-state index < -0.39 is 17.4 Å². The van der Waals surface area contributed by atoms with Gasteiger partial charge in [0.05, 0.1) is 44.1 Å². The van der Waals surface area contributed by atoms with Crippen LogP contribution in [0.2, 0.25) is 0 Å². The van der Waals surface area contributed by atoms with Gasteiger partial charge in [0.1, 0.15) is 0 Å². The number of ether oxygens (including phenoxy) is 2. The number of carboxylic acid groups (broad SMARTS) is 1. The molecule has 3 saturated carbocycles. The zero-order chi connectivity index (χ0) is 34.5. The van der Waals surface area contributed by atoms with Crippen molar-refractivity contribution in [3.05, 3.63) is 24.0 Å². The van der Waals surface area contributed by atoms with Crippen LogP contribution in [0.25, 0.3) is 0 Å². The van der Waals surface area contributed by atoms with Gasteiger partial charge in [-0.3, -0.25) is 4.79 Å². The molecule has 0 radical (unpaired) electrons. The molecule has 4 aliphatic carbocycles. The third-order valence-corrected chi connectivity index (χ3v) is 16.3. The van der Waals surface area contributed by atoms with Crippen LogP contribution in [0.3, 0.4) is 0 Å². The molecule has 0 unspecified atom stereocenters. The van der Waals surface area contributed by atoms with Crippen molar-refractivity contribution in [3.8, 4) is 0 Å². The minimum absolute atomic E-state index is 0.0281. The van der Waals surface area contributed by atoms with Crippen LogP contribution < -0.4 is 5.73 Å². The summed E-state index contributed by atoms with van der Waals surface area (Å²) in [6.07, 6.45) is 11.1.